The van der Waals surface area contributed by atoms with Crippen LogP contribution in [-0.4, -0.2) is 34.2 Å². The molecule has 1 unspecified atom stereocenters. The van der Waals surface area contributed by atoms with Gasteiger partial charge in [0.05, 0.1) is 4.92 Å². The molecule has 6 heteroatoms. The standard InChI is InChI=1S/C15H19ClN2O3/c1-11-6-7-12(18(20)21)9-14(11)15(19)17-8-4-2-3-5-13(17)10-16/h6-7,9,13H,2-5,8,10H2,1H3. The fraction of sp³-hybridized carbons (Fsp3) is 0.533. The molecule has 0 aromatic heterocycles. The molecule has 1 aromatic rings. The summed E-state index contributed by atoms with van der Waals surface area (Å²) in [6.07, 6.45) is 4.00. The first-order valence-corrected chi connectivity index (χ1v) is 7.70. The zero-order valence-electron chi connectivity index (χ0n) is 12.0. The van der Waals surface area contributed by atoms with Crippen molar-refractivity contribution >= 4 is 23.2 Å². The number of rotatable bonds is 3. The maximum absolute atomic E-state index is 12.8. The van der Waals surface area contributed by atoms with Gasteiger partial charge in [-0.1, -0.05) is 18.9 Å². The fourth-order valence-corrected chi connectivity index (χ4v) is 3.03. The minimum absolute atomic E-state index is 0.0142. The predicted molar refractivity (Wildman–Crippen MR) is 81.8 cm³/mol. The van der Waals surface area contributed by atoms with E-state index in [1.807, 2.05) is 0 Å². The number of carbonyl (C=O) groups excluding carboxylic acids is 1. The van der Waals surface area contributed by atoms with E-state index in [1.54, 1.807) is 17.9 Å². The van der Waals surface area contributed by atoms with Crippen LogP contribution >= 0.6 is 11.6 Å². The number of benzene rings is 1. The third kappa shape index (κ3) is 3.53. The van der Waals surface area contributed by atoms with Gasteiger partial charge >= 0.3 is 0 Å². The lowest BCUT2D eigenvalue weighted by Crippen LogP contribution is -2.41. The summed E-state index contributed by atoms with van der Waals surface area (Å²) >= 11 is 6.00. The van der Waals surface area contributed by atoms with Crippen LogP contribution in [0.5, 0.6) is 0 Å². The molecule has 0 spiro atoms. The summed E-state index contributed by atoms with van der Waals surface area (Å²) in [6.45, 7) is 2.46. The molecule has 0 N–H and O–H groups in total. The SMILES string of the molecule is Cc1ccc([N+](=O)[O-])cc1C(=O)N1CCCCCC1CCl. The van der Waals surface area contributed by atoms with Crippen molar-refractivity contribution in [2.24, 2.45) is 0 Å². The van der Waals surface area contributed by atoms with E-state index in [-0.39, 0.29) is 17.6 Å². The second-order valence-corrected chi connectivity index (χ2v) is 5.72. The first-order valence-electron chi connectivity index (χ1n) is 7.16. The average molecular weight is 311 g/mol. The summed E-state index contributed by atoms with van der Waals surface area (Å²) in [6, 6.07) is 4.43. The van der Waals surface area contributed by atoms with Crippen molar-refractivity contribution in [3.63, 3.8) is 0 Å². The van der Waals surface area contributed by atoms with Crippen LogP contribution in [0.1, 0.15) is 41.6 Å². The van der Waals surface area contributed by atoms with Gasteiger partial charge in [0.1, 0.15) is 0 Å². The number of nitro benzene ring substituents is 1. The molecule has 1 aliphatic rings. The summed E-state index contributed by atoms with van der Waals surface area (Å²) in [5.74, 6) is 0.253. The second kappa shape index (κ2) is 6.89. The molecular formula is C15H19ClN2O3. The number of non-ortho nitro benzene ring substituents is 1. The molecule has 2 rings (SSSR count). The first kappa shape index (κ1) is 15.8. The largest absolute Gasteiger partial charge is 0.334 e. The molecule has 1 saturated heterocycles. The van der Waals surface area contributed by atoms with Crippen molar-refractivity contribution in [1.82, 2.24) is 4.90 Å². The number of halogens is 1. The van der Waals surface area contributed by atoms with Gasteiger partial charge in [-0.05, 0) is 25.3 Å². The Morgan fingerprint density at radius 2 is 2.19 bits per heavy atom. The van der Waals surface area contributed by atoms with Gasteiger partial charge in [-0.25, -0.2) is 0 Å². The maximum atomic E-state index is 12.8. The summed E-state index contributed by atoms with van der Waals surface area (Å²) in [4.78, 5) is 25.0. The highest BCUT2D eigenvalue weighted by molar-refractivity contribution is 6.18. The molecule has 0 aliphatic carbocycles. The average Bonchev–Trinajstić information content (AvgIpc) is 2.71. The lowest BCUT2D eigenvalue weighted by Gasteiger charge is -2.29. The molecule has 1 aromatic carbocycles. The number of amides is 1. The molecule has 1 heterocycles. The number of nitrogens with zero attached hydrogens (tertiary/aromatic N) is 2. The summed E-state index contributed by atoms with van der Waals surface area (Å²) < 4.78 is 0. The van der Waals surface area contributed by atoms with Gasteiger partial charge in [0.25, 0.3) is 11.6 Å². The predicted octanol–water partition coefficient (Wildman–Crippen LogP) is 3.53. The first-order chi connectivity index (χ1) is 10.0. The molecule has 1 aliphatic heterocycles. The second-order valence-electron chi connectivity index (χ2n) is 5.41. The van der Waals surface area contributed by atoms with Gasteiger partial charge in [-0.3, -0.25) is 14.9 Å². The van der Waals surface area contributed by atoms with Crippen LogP contribution in [0.4, 0.5) is 5.69 Å². The van der Waals surface area contributed by atoms with E-state index in [0.29, 0.717) is 18.0 Å². The topological polar surface area (TPSA) is 63.5 Å². The third-order valence-electron chi connectivity index (χ3n) is 3.98. The normalized spacial score (nSPS) is 19.1. The number of nitro groups is 1. The summed E-state index contributed by atoms with van der Waals surface area (Å²) in [5.41, 5.74) is 1.10. The zero-order valence-corrected chi connectivity index (χ0v) is 12.8. The maximum Gasteiger partial charge on any atom is 0.270 e. The highest BCUT2D eigenvalue weighted by Crippen LogP contribution is 2.24. The van der Waals surface area contributed by atoms with E-state index < -0.39 is 4.92 Å². The molecule has 1 fully saturated rings. The Balaban J connectivity index is 2.33. The minimum Gasteiger partial charge on any atom is -0.334 e. The van der Waals surface area contributed by atoms with E-state index in [9.17, 15) is 14.9 Å². The van der Waals surface area contributed by atoms with E-state index in [1.165, 1.54) is 12.1 Å². The van der Waals surface area contributed by atoms with Crippen molar-refractivity contribution in [2.45, 2.75) is 38.6 Å². The van der Waals surface area contributed by atoms with Gasteiger partial charge in [-0.2, -0.15) is 0 Å². The Kier molecular flexibility index (Phi) is 5.17. The van der Waals surface area contributed by atoms with Crippen LogP contribution in [0.2, 0.25) is 0 Å². The van der Waals surface area contributed by atoms with Gasteiger partial charge in [0.2, 0.25) is 0 Å². The molecule has 5 nitrogen and oxygen atoms in total. The molecule has 114 valence electrons. The molecular weight excluding hydrogens is 292 g/mol. The number of likely N-dealkylation sites (tertiary alicyclic amines) is 1. The molecule has 1 amide bonds. The lowest BCUT2D eigenvalue weighted by molar-refractivity contribution is -0.384. The minimum atomic E-state index is -0.475. The Morgan fingerprint density at radius 1 is 1.43 bits per heavy atom. The molecule has 0 bridgehead atoms. The Labute approximate surface area is 129 Å². The molecule has 1 atom stereocenters. The zero-order chi connectivity index (χ0) is 15.4. The number of hydrogen-bond donors (Lipinski definition) is 0. The van der Waals surface area contributed by atoms with Gasteiger partial charge in [0, 0.05) is 36.2 Å². The Hall–Kier alpha value is -1.62. The van der Waals surface area contributed by atoms with Crippen LogP contribution in [-0.2, 0) is 0 Å². The van der Waals surface area contributed by atoms with E-state index >= 15 is 0 Å². The van der Waals surface area contributed by atoms with Crippen LogP contribution < -0.4 is 0 Å². The number of carbonyl (C=O) groups is 1. The van der Waals surface area contributed by atoms with Crippen LogP contribution in [0.15, 0.2) is 18.2 Å². The van der Waals surface area contributed by atoms with Crippen molar-refractivity contribution < 1.29 is 9.72 Å². The van der Waals surface area contributed by atoms with Crippen molar-refractivity contribution in [3.05, 3.63) is 39.4 Å². The van der Waals surface area contributed by atoms with Crippen molar-refractivity contribution in [2.75, 3.05) is 12.4 Å². The van der Waals surface area contributed by atoms with E-state index in [0.717, 1.165) is 31.2 Å². The highest BCUT2D eigenvalue weighted by atomic mass is 35.5. The molecule has 21 heavy (non-hydrogen) atoms. The highest BCUT2D eigenvalue weighted by Gasteiger charge is 2.27. The smallest absolute Gasteiger partial charge is 0.270 e. The summed E-state index contributed by atoms with van der Waals surface area (Å²) in [5, 5.41) is 10.9. The van der Waals surface area contributed by atoms with Gasteiger partial charge in [-0.15, -0.1) is 11.6 Å². The Bertz CT molecular complexity index is 548. The van der Waals surface area contributed by atoms with E-state index in [2.05, 4.69) is 0 Å². The van der Waals surface area contributed by atoms with Crippen LogP contribution in [0, 0.1) is 17.0 Å². The quantitative estimate of drug-likeness (QED) is 0.487. The molecule has 0 radical (unpaired) electrons. The van der Waals surface area contributed by atoms with Gasteiger partial charge in [0.15, 0.2) is 0 Å². The summed E-state index contributed by atoms with van der Waals surface area (Å²) in [7, 11) is 0. The third-order valence-corrected chi connectivity index (χ3v) is 4.33. The Morgan fingerprint density at radius 3 is 2.86 bits per heavy atom. The van der Waals surface area contributed by atoms with Crippen LogP contribution in [0.3, 0.4) is 0 Å². The van der Waals surface area contributed by atoms with Gasteiger partial charge < -0.3 is 4.90 Å². The number of alkyl halides is 1. The van der Waals surface area contributed by atoms with E-state index in [4.69, 9.17) is 11.6 Å². The number of hydrogen-bond acceptors (Lipinski definition) is 3. The fourth-order valence-electron chi connectivity index (χ4n) is 2.71. The van der Waals surface area contributed by atoms with Crippen LogP contribution in [0.25, 0.3) is 0 Å². The lowest BCUT2D eigenvalue weighted by atomic mass is 10.0. The van der Waals surface area contributed by atoms with Crippen molar-refractivity contribution in [1.29, 1.82) is 0 Å². The number of aryl methyl sites for hydroxylation is 1. The molecule has 0 saturated carbocycles. The van der Waals surface area contributed by atoms with Crippen molar-refractivity contribution in [3.8, 4) is 0 Å². The monoisotopic (exact) mass is 310 g/mol.